The van der Waals surface area contributed by atoms with Gasteiger partial charge in [-0.05, 0) is 48.3 Å². The van der Waals surface area contributed by atoms with Gasteiger partial charge >= 0.3 is 0 Å². The summed E-state index contributed by atoms with van der Waals surface area (Å²) < 4.78 is 10.6. The molecule has 0 radical (unpaired) electrons. The molecule has 0 saturated carbocycles. The largest absolute Gasteiger partial charge is 0.337 e. The molecular formula is C18H42O4P2S4. The van der Waals surface area contributed by atoms with Gasteiger partial charge in [0.25, 0.3) is 0 Å². The first-order valence-corrected chi connectivity index (χ1v) is 18.7. The van der Waals surface area contributed by atoms with Crippen molar-refractivity contribution in [2.24, 2.45) is 11.8 Å². The highest BCUT2D eigenvalue weighted by atomic mass is 32.9. The first-order valence-electron chi connectivity index (χ1n) is 10.2. The molecule has 2 atom stereocenters. The zero-order valence-electron chi connectivity index (χ0n) is 18.5. The van der Waals surface area contributed by atoms with Crippen molar-refractivity contribution >= 4 is 57.8 Å². The van der Waals surface area contributed by atoms with E-state index in [0.29, 0.717) is 25.0 Å². The minimum Gasteiger partial charge on any atom is -0.337 e. The third kappa shape index (κ3) is 25.9. The molecule has 28 heavy (non-hydrogen) atoms. The molecule has 0 amide bonds. The van der Waals surface area contributed by atoms with Crippen molar-refractivity contribution in [3.05, 3.63) is 0 Å². The highest BCUT2D eigenvalue weighted by Gasteiger charge is 2.16. The third-order valence-corrected chi connectivity index (χ3v) is 12.2. The Morgan fingerprint density at radius 1 is 0.786 bits per heavy atom. The van der Waals surface area contributed by atoms with Crippen LogP contribution in [0.3, 0.4) is 0 Å². The highest BCUT2D eigenvalue weighted by molar-refractivity contribution is 8.68. The van der Waals surface area contributed by atoms with Crippen LogP contribution in [0.25, 0.3) is 0 Å². The normalized spacial score (nSPS) is 15.8. The first-order chi connectivity index (χ1) is 13.0. The first kappa shape index (κ1) is 32.0. The molecule has 0 aliphatic carbocycles. The molecule has 0 aliphatic heterocycles. The maximum Gasteiger partial charge on any atom is 0.244 e. The molecule has 4 nitrogen and oxygen atoms in total. The van der Waals surface area contributed by atoms with Crippen LogP contribution in [0.2, 0.25) is 0 Å². The van der Waals surface area contributed by atoms with Crippen LogP contribution in [0, 0.1) is 11.8 Å². The van der Waals surface area contributed by atoms with Gasteiger partial charge in [-0.1, -0.05) is 90.0 Å². The van der Waals surface area contributed by atoms with Crippen molar-refractivity contribution in [2.75, 3.05) is 24.7 Å². The SMILES string of the molecule is CC(C)COP(O)(=S)SCC(C)C.CCCCCOP(O)(=S)SCCCCC. The van der Waals surface area contributed by atoms with Gasteiger partial charge in [-0.25, -0.2) is 0 Å². The molecule has 2 N–H and O–H groups in total. The van der Waals surface area contributed by atoms with E-state index in [9.17, 15) is 9.79 Å². The van der Waals surface area contributed by atoms with E-state index in [0.717, 1.165) is 30.8 Å². The molecule has 0 aromatic carbocycles. The Morgan fingerprint density at radius 3 is 1.82 bits per heavy atom. The van der Waals surface area contributed by atoms with Crippen LogP contribution in [-0.2, 0) is 32.7 Å². The van der Waals surface area contributed by atoms with Crippen molar-refractivity contribution < 1.29 is 18.8 Å². The van der Waals surface area contributed by atoms with Crippen LogP contribution >= 0.6 is 34.2 Å². The van der Waals surface area contributed by atoms with E-state index in [1.807, 2.05) is 13.8 Å². The summed E-state index contributed by atoms with van der Waals surface area (Å²) in [5, 5.41) is 0. The fourth-order valence-corrected chi connectivity index (χ4v) is 8.69. The summed E-state index contributed by atoms with van der Waals surface area (Å²) in [4.78, 5) is 19.5. The van der Waals surface area contributed by atoms with Crippen molar-refractivity contribution in [1.82, 2.24) is 0 Å². The standard InChI is InChI=1S/C10H23O2PS2.C8H19O2PS2/c1-3-5-7-9-12-13(11,14)15-10-8-6-4-2;1-7(2)5-10-11(9,12)13-6-8(3)4/h3-10H2,1-2H3,(H,11,14);7-8H,5-6H2,1-4H3,(H,9,12). The van der Waals surface area contributed by atoms with E-state index in [1.165, 1.54) is 42.0 Å². The Hall–Kier alpha value is 1.84. The number of hydrogen-bond donors (Lipinski definition) is 2. The zero-order chi connectivity index (χ0) is 22.1. The molecule has 0 aliphatic rings. The number of hydrogen-bond acceptors (Lipinski definition) is 6. The van der Waals surface area contributed by atoms with Crippen molar-refractivity contribution in [3.63, 3.8) is 0 Å². The Balaban J connectivity index is 0. The summed E-state index contributed by atoms with van der Waals surface area (Å²) in [6.07, 6.45) is 6.85. The quantitative estimate of drug-likeness (QED) is 0.162. The number of rotatable bonds is 16. The molecular weight excluding hydrogens is 470 g/mol. The van der Waals surface area contributed by atoms with Gasteiger partial charge in [0.05, 0.1) is 13.2 Å². The Bertz CT molecular complexity index is 419. The van der Waals surface area contributed by atoms with E-state index >= 15 is 0 Å². The summed E-state index contributed by atoms with van der Waals surface area (Å²) in [6, 6.07) is 0. The lowest BCUT2D eigenvalue weighted by atomic mass is 10.2. The summed E-state index contributed by atoms with van der Waals surface area (Å²) in [5.74, 6) is 2.76. The van der Waals surface area contributed by atoms with Gasteiger partial charge in [-0.3, -0.25) is 0 Å². The second-order valence-corrected chi connectivity index (χ2v) is 19.9. The van der Waals surface area contributed by atoms with Crippen LogP contribution in [0.1, 0.15) is 80.1 Å². The predicted octanol–water partition coefficient (Wildman–Crippen LogP) is 7.60. The summed E-state index contributed by atoms with van der Waals surface area (Å²) >= 11 is 12.9. The second kappa shape index (κ2) is 19.5. The smallest absolute Gasteiger partial charge is 0.244 e. The Kier molecular flexibility index (Phi) is 22.3. The van der Waals surface area contributed by atoms with E-state index in [1.54, 1.807) is 0 Å². The van der Waals surface area contributed by atoms with Gasteiger partial charge in [0.2, 0.25) is 11.4 Å². The third-order valence-electron chi connectivity index (χ3n) is 3.15. The summed E-state index contributed by atoms with van der Waals surface area (Å²) in [6.45, 7) is 13.8. The van der Waals surface area contributed by atoms with Crippen molar-refractivity contribution in [1.29, 1.82) is 0 Å². The van der Waals surface area contributed by atoms with E-state index in [4.69, 9.17) is 32.7 Å². The number of unbranched alkanes of at least 4 members (excludes halogenated alkanes) is 4. The summed E-state index contributed by atoms with van der Waals surface area (Å²) in [7, 11) is 0. The van der Waals surface area contributed by atoms with Crippen LogP contribution < -0.4 is 0 Å². The van der Waals surface area contributed by atoms with Crippen LogP contribution in [0.4, 0.5) is 0 Å². The van der Waals surface area contributed by atoms with Gasteiger partial charge in [0.15, 0.2) is 0 Å². The maximum atomic E-state index is 9.78. The van der Waals surface area contributed by atoms with Gasteiger partial charge in [0, 0.05) is 11.5 Å². The van der Waals surface area contributed by atoms with E-state index in [-0.39, 0.29) is 0 Å². The fraction of sp³-hybridized carbons (Fsp3) is 1.00. The lowest BCUT2D eigenvalue weighted by molar-refractivity contribution is 0.275. The van der Waals surface area contributed by atoms with Crippen LogP contribution in [0.5, 0.6) is 0 Å². The average molecular weight is 513 g/mol. The average Bonchev–Trinajstić information content (AvgIpc) is 2.60. The summed E-state index contributed by atoms with van der Waals surface area (Å²) in [5.41, 5.74) is -5.07. The second-order valence-electron chi connectivity index (χ2n) is 7.40. The fourth-order valence-electron chi connectivity index (χ4n) is 1.63. The molecule has 0 fully saturated rings. The van der Waals surface area contributed by atoms with Crippen molar-refractivity contribution in [3.8, 4) is 0 Å². The molecule has 2 unspecified atom stereocenters. The molecule has 10 heteroatoms. The van der Waals surface area contributed by atoms with Gasteiger partial charge in [-0.2, -0.15) is 0 Å². The van der Waals surface area contributed by atoms with Crippen molar-refractivity contribution in [2.45, 2.75) is 80.1 Å². The van der Waals surface area contributed by atoms with E-state index in [2.05, 4.69) is 27.7 Å². The minimum atomic E-state index is -2.55. The zero-order valence-corrected chi connectivity index (χ0v) is 23.5. The molecule has 172 valence electrons. The highest BCUT2D eigenvalue weighted by Crippen LogP contribution is 2.57. The van der Waals surface area contributed by atoms with Crippen LogP contribution in [0.15, 0.2) is 0 Å². The van der Waals surface area contributed by atoms with E-state index < -0.39 is 11.4 Å². The molecule has 0 saturated heterocycles. The molecule has 0 bridgehead atoms. The predicted molar refractivity (Wildman–Crippen MR) is 139 cm³/mol. The van der Waals surface area contributed by atoms with Gasteiger partial charge < -0.3 is 18.8 Å². The van der Waals surface area contributed by atoms with Crippen LogP contribution in [-0.4, -0.2) is 34.5 Å². The Labute approximate surface area is 192 Å². The maximum absolute atomic E-state index is 9.78. The monoisotopic (exact) mass is 512 g/mol. The minimum absolute atomic E-state index is 0.425. The molecule has 0 aromatic rings. The molecule has 0 rings (SSSR count). The molecule has 0 heterocycles. The molecule has 0 aromatic heterocycles. The Morgan fingerprint density at radius 2 is 1.32 bits per heavy atom. The van der Waals surface area contributed by atoms with Gasteiger partial charge in [0.1, 0.15) is 0 Å². The topological polar surface area (TPSA) is 58.9 Å². The molecule has 0 spiro atoms. The lowest BCUT2D eigenvalue weighted by Crippen LogP contribution is -1.99. The van der Waals surface area contributed by atoms with Gasteiger partial charge in [-0.15, -0.1) is 0 Å². The lowest BCUT2D eigenvalue weighted by Gasteiger charge is -2.17.